The number of ketones is 1. The van der Waals surface area contributed by atoms with Gasteiger partial charge in [0, 0.05) is 11.0 Å². The Morgan fingerprint density at radius 1 is 1.05 bits per heavy atom. The second-order valence-electron chi connectivity index (χ2n) is 6.20. The maximum absolute atomic E-state index is 12.2. The Kier molecular flexibility index (Phi) is 4.62. The summed E-state index contributed by atoms with van der Waals surface area (Å²) in [5.41, 5.74) is 1.94. The van der Waals surface area contributed by atoms with Crippen LogP contribution in [0.15, 0.2) is 48.5 Å². The molecule has 0 saturated heterocycles. The molecule has 2 aromatic rings. The van der Waals surface area contributed by atoms with Crippen LogP contribution in [-0.2, 0) is 6.61 Å². The van der Waals surface area contributed by atoms with Crippen LogP contribution in [0.1, 0.15) is 42.3 Å². The molecule has 0 radical (unpaired) electrons. The van der Waals surface area contributed by atoms with Gasteiger partial charge in [0.05, 0.1) is 11.6 Å². The first-order valence-electron chi connectivity index (χ1n) is 7.17. The van der Waals surface area contributed by atoms with Gasteiger partial charge >= 0.3 is 0 Å². The van der Waals surface area contributed by atoms with E-state index in [9.17, 15) is 4.79 Å². The molecule has 0 N–H and O–H groups in total. The number of benzene rings is 2. The molecule has 0 unspecified atom stereocenters. The molecule has 0 aromatic heterocycles. The van der Waals surface area contributed by atoms with Crippen molar-refractivity contribution in [2.45, 2.75) is 27.4 Å². The quantitative estimate of drug-likeness (QED) is 0.787. The van der Waals surface area contributed by atoms with E-state index in [4.69, 9.17) is 10.00 Å². The number of ether oxygens (including phenoxy) is 1. The lowest BCUT2D eigenvalue weighted by molar-refractivity contribution is 0.0858. The summed E-state index contributed by atoms with van der Waals surface area (Å²) in [4.78, 5) is 12.2. The van der Waals surface area contributed by atoms with E-state index in [2.05, 4.69) is 6.07 Å². The molecule has 0 heterocycles. The summed E-state index contributed by atoms with van der Waals surface area (Å²) in [6.07, 6.45) is 0. The van der Waals surface area contributed by atoms with Crippen molar-refractivity contribution < 1.29 is 9.53 Å². The lowest BCUT2D eigenvalue weighted by Crippen LogP contribution is -2.19. The van der Waals surface area contributed by atoms with E-state index in [-0.39, 0.29) is 11.2 Å². The maximum atomic E-state index is 12.2. The van der Waals surface area contributed by atoms with E-state index in [0.717, 1.165) is 11.3 Å². The summed E-state index contributed by atoms with van der Waals surface area (Å²) in [5, 5.41) is 8.76. The second kappa shape index (κ2) is 6.44. The van der Waals surface area contributed by atoms with Gasteiger partial charge in [0.25, 0.3) is 0 Å². The van der Waals surface area contributed by atoms with E-state index >= 15 is 0 Å². The van der Waals surface area contributed by atoms with Crippen molar-refractivity contribution in [1.82, 2.24) is 0 Å². The molecule has 3 heteroatoms. The van der Waals surface area contributed by atoms with Gasteiger partial charge in [0.2, 0.25) is 0 Å². The molecule has 0 amide bonds. The maximum Gasteiger partial charge on any atom is 0.168 e. The highest BCUT2D eigenvalue weighted by molar-refractivity contribution is 5.99. The summed E-state index contributed by atoms with van der Waals surface area (Å²) in [7, 11) is 0. The fourth-order valence-electron chi connectivity index (χ4n) is 1.98. The monoisotopic (exact) mass is 293 g/mol. The smallest absolute Gasteiger partial charge is 0.168 e. The highest BCUT2D eigenvalue weighted by atomic mass is 16.5. The summed E-state index contributed by atoms with van der Waals surface area (Å²) >= 11 is 0. The van der Waals surface area contributed by atoms with Gasteiger partial charge in [0.15, 0.2) is 5.78 Å². The Labute approximate surface area is 131 Å². The fraction of sp³-hybridized carbons (Fsp3) is 0.263. The van der Waals surface area contributed by atoms with Gasteiger partial charge in [-0.15, -0.1) is 0 Å². The van der Waals surface area contributed by atoms with E-state index in [0.29, 0.717) is 17.7 Å². The van der Waals surface area contributed by atoms with Gasteiger partial charge in [-0.3, -0.25) is 4.79 Å². The Morgan fingerprint density at radius 2 is 1.64 bits per heavy atom. The number of rotatable bonds is 4. The minimum Gasteiger partial charge on any atom is -0.489 e. The molecule has 0 spiro atoms. The van der Waals surface area contributed by atoms with Crippen molar-refractivity contribution in [3.63, 3.8) is 0 Å². The summed E-state index contributed by atoms with van der Waals surface area (Å²) in [6.45, 7) is 6.15. The number of carbonyl (C=O) groups is 1. The number of hydrogen-bond acceptors (Lipinski definition) is 3. The van der Waals surface area contributed by atoms with Crippen LogP contribution in [0.5, 0.6) is 5.75 Å². The molecule has 22 heavy (non-hydrogen) atoms. The predicted octanol–water partition coefficient (Wildman–Crippen LogP) is 4.37. The summed E-state index contributed by atoms with van der Waals surface area (Å²) in [5.74, 6) is 0.834. The van der Waals surface area contributed by atoms with Gasteiger partial charge in [-0.25, -0.2) is 0 Å². The molecule has 0 saturated carbocycles. The van der Waals surface area contributed by atoms with Crippen molar-refractivity contribution in [3.05, 3.63) is 65.2 Å². The zero-order valence-electron chi connectivity index (χ0n) is 13.1. The molecule has 112 valence electrons. The Morgan fingerprint density at radius 3 is 2.14 bits per heavy atom. The third kappa shape index (κ3) is 3.95. The fourth-order valence-corrected chi connectivity index (χ4v) is 1.98. The molecule has 0 fully saturated rings. The number of carbonyl (C=O) groups excluding carboxylic acids is 1. The lowest BCUT2D eigenvalue weighted by Gasteiger charge is -2.16. The molecule has 0 bridgehead atoms. The molecular weight excluding hydrogens is 274 g/mol. The number of hydrogen-bond donors (Lipinski definition) is 0. The second-order valence-corrected chi connectivity index (χ2v) is 6.20. The van der Waals surface area contributed by atoms with E-state index in [1.165, 1.54) is 0 Å². The van der Waals surface area contributed by atoms with Crippen molar-refractivity contribution in [2.24, 2.45) is 5.41 Å². The molecule has 2 aromatic carbocycles. The predicted molar refractivity (Wildman–Crippen MR) is 85.7 cm³/mol. The normalized spacial score (nSPS) is 10.8. The summed E-state index contributed by atoms with van der Waals surface area (Å²) < 4.78 is 5.69. The van der Waals surface area contributed by atoms with Crippen LogP contribution in [0.3, 0.4) is 0 Å². The molecule has 0 atom stereocenters. The van der Waals surface area contributed by atoms with E-state index in [1.54, 1.807) is 24.3 Å². The standard InChI is InChI=1S/C19H19NO2/c1-19(2,3)18(21)16-8-10-17(11-9-16)22-13-15-6-4-14(12-20)5-7-15/h4-11H,13H2,1-3H3. The number of nitrogens with zero attached hydrogens (tertiary/aromatic N) is 1. The van der Waals surface area contributed by atoms with Gasteiger partial charge in [-0.1, -0.05) is 32.9 Å². The lowest BCUT2D eigenvalue weighted by atomic mass is 9.86. The topological polar surface area (TPSA) is 50.1 Å². The van der Waals surface area contributed by atoms with Crippen LogP contribution in [0.2, 0.25) is 0 Å². The molecule has 0 aliphatic carbocycles. The molecular formula is C19H19NO2. The minimum atomic E-state index is -0.384. The van der Waals surface area contributed by atoms with E-state index in [1.807, 2.05) is 45.0 Å². The Balaban J connectivity index is 1.99. The van der Waals surface area contributed by atoms with Crippen LogP contribution >= 0.6 is 0 Å². The van der Waals surface area contributed by atoms with Gasteiger partial charge in [-0.05, 0) is 42.0 Å². The van der Waals surface area contributed by atoms with Crippen molar-refractivity contribution in [3.8, 4) is 11.8 Å². The van der Waals surface area contributed by atoms with Crippen molar-refractivity contribution in [2.75, 3.05) is 0 Å². The summed E-state index contributed by atoms with van der Waals surface area (Å²) in [6, 6.07) is 16.6. The van der Waals surface area contributed by atoms with E-state index < -0.39 is 0 Å². The largest absolute Gasteiger partial charge is 0.489 e. The average molecular weight is 293 g/mol. The van der Waals surface area contributed by atoms with Crippen LogP contribution in [0.4, 0.5) is 0 Å². The van der Waals surface area contributed by atoms with Crippen LogP contribution in [-0.4, -0.2) is 5.78 Å². The zero-order valence-corrected chi connectivity index (χ0v) is 13.1. The molecule has 0 aliphatic heterocycles. The average Bonchev–Trinajstić information content (AvgIpc) is 2.52. The first-order chi connectivity index (χ1) is 10.4. The molecule has 3 nitrogen and oxygen atoms in total. The van der Waals surface area contributed by atoms with Crippen LogP contribution in [0.25, 0.3) is 0 Å². The number of nitriles is 1. The molecule has 2 rings (SSSR count). The number of Topliss-reactive ketones (excluding diaryl/α,β-unsaturated/α-hetero) is 1. The Hall–Kier alpha value is -2.60. The van der Waals surface area contributed by atoms with Crippen molar-refractivity contribution in [1.29, 1.82) is 5.26 Å². The zero-order chi connectivity index (χ0) is 16.2. The first kappa shape index (κ1) is 15.8. The van der Waals surface area contributed by atoms with Crippen molar-refractivity contribution >= 4 is 5.78 Å². The van der Waals surface area contributed by atoms with Gasteiger partial charge in [0.1, 0.15) is 12.4 Å². The van der Waals surface area contributed by atoms with Crippen LogP contribution < -0.4 is 4.74 Å². The minimum absolute atomic E-state index is 0.117. The van der Waals surface area contributed by atoms with Gasteiger partial charge in [-0.2, -0.15) is 5.26 Å². The SMILES string of the molecule is CC(C)(C)C(=O)c1ccc(OCc2ccc(C#N)cc2)cc1. The Bertz CT molecular complexity index is 686. The van der Waals surface area contributed by atoms with Gasteiger partial charge < -0.3 is 4.74 Å². The third-order valence-corrected chi connectivity index (χ3v) is 3.29. The third-order valence-electron chi connectivity index (χ3n) is 3.29. The molecule has 0 aliphatic rings. The first-order valence-corrected chi connectivity index (χ1v) is 7.17. The highest BCUT2D eigenvalue weighted by Gasteiger charge is 2.22. The van der Waals surface area contributed by atoms with Crippen LogP contribution in [0, 0.1) is 16.7 Å². The highest BCUT2D eigenvalue weighted by Crippen LogP contribution is 2.22.